The maximum absolute atomic E-state index is 5.34. The summed E-state index contributed by atoms with van der Waals surface area (Å²) >= 11 is 0. The number of amidine groups is 1. The Balaban J connectivity index is 1.90. The lowest BCUT2D eigenvalue weighted by molar-refractivity contribution is 0.582. The Morgan fingerprint density at radius 1 is 1.06 bits per heavy atom. The summed E-state index contributed by atoms with van der Waals surface area (Å²) in [6.07, 6.45) is 1.69. The SMILES string of the molecule is c1coc(-c2ccc(C3=NCCN3)cc2)c1. The van der Waals surface area contributed by atoms with Gasteiger partial charge in [0.05, 0.1) is 12.8 Å². The van der Waals surface area contributed by atoms with Crippen LogP contribution in [0.2, 0.25) is 0 Å². The molecule has 1 aliphatic rings. The third-order valence-corrected chi connectivity index (χ3v) is 2.64. The normalized spacial score (nSPS) is 14.6. The Bertz CT molecular complexity index is 497. The van der Waals surface area contributed by atoms with Crippen LogP contribution in [0, 0.1) is 0 Å². The molecule has 1 aromatic heterocycles. The van der Waals surface area contributed by atoms with Crippen LogP contribution in [0.1, 0.15) is 5.56 Å². The first-order valence-corrected chi connectivity index (χ1v) is 5.36. The van der Waals surface area contributed by atoms with E-state index in [0.717, 1.165) is 35.8 Å². The maximum atomic E-state index is 5.34. The molecule has 0 fully saturated rings. The summed E-state index contributed by atoms with van der Waals surface area (Å²) in [7, 11) is 0. The lowest BCUT2D eigenvalue weighted by Crippen LogP contribution is -2.19. The van der Waals surface area contributed by atoms with Gasteiger partial charge in [-0.1, -0.05) is 24.3 Å². The van der Waals surface area contributed by atoms with Crippen LogP contribution in [-0.2, 0) is 0 Å². The summed E-state index contributed by atoms with van der Waals surface area (Å²) in [5.41, 5.74) is 2.22. The first-order valence-electron chi connectivity index (χ1n) is 5.36. The molecule has 0 atom stereocenters. The molecule has 3 rings (SSSR count). The van der Waals surface area contributed by atoms with Crippen molar-refractivity contribution < 1.29 is 4.42 Å². The third-order valence-electron chi connectivity index (χ3n) is 2.64. The van der Waals surface area contributed by atoms with Crippen LogP contribution in [0.3, 0.4) is 0 Å². The second kappa shape index (κ2) is 3.85. The maximum Gasteiger partial charge on any atom is 0.133 e. The van der Waals surface area contributed by atoms with Crippen LogP contribution in [0.4, 0.5) is 0 Å². The van der Waals surface area contributed by atoms with Crippen LogP contribution in [0.25, 0.3) is 11.3 Å². The van der Waals surface area contributed by atoms with E-state index in [2.05, 4.69) is 34.6 Å². The molecule has 3 heteroatoms. The van der Waals surface area contributed by atoms with Crippen LogP contribution in [0.15, 0.2) is 52.1 Å². The number of nitrogens with one attached hydrogen (secondary N) is 1. The summed E-state index contributed by atoms with van der Waals surface area (Å²) in [6, 6.07) is 12.1. The molecular formula is C13H12N2O. The number of aliphatic imine (C=N–C) groups is 1. The van der Waals surface area contributed by atoms with Crippen molar-refractivity contribution >= 4 is 5.84 Å². The number of furan rings is 1. The van der Waals surface area contributed by atoms with Gasteiger partial charge in [0, 0.05) is 17.7 Å². The van der Waals surface area contributed by atoms with Gasteiger partial charge >= 0.3 is 0 Å². The lowest BCUT2D eigenvalue weighted by Gasteiger charge is -2.03. The molecule has 0 bridgehead atoms. The van der Waals surface area contributed by atoms with E-state index in [9.17, 15) is 0 Å². The number of rotatable bonds is 2. The summed E-state index contributed by atoms with van der Waals surface area (Å²) in [5, 5.41) is 3.25. The molecule has 0 radical (unpaired) electrons. The van der Waals surface area contributed by atoms with Crippen molar-refractivity contribution in [2.24, 2.45) is 4.99 Å². The smallest absolute Gasteiger partial charge is 0.133 e. The quantitative estimate of drug-likeness (QED) is 0.829. The second-order valence-corrected chi connectivity index (χ2v) is 3.71. The second-order valence-electron chi connectivity index (χ2n) is 3.71. The van der Waals surface area contributed by atoms with E-state index in [-0.39, 0.29) is 0 Å². The molecule has 80 valence electrons. The van der Waals surface area contributed by atoms with E-state index in [4.69, 9.17) is 4.42 Å². The van der Waals surface area contributed by atoms with Crippen molar-refractivity contribution in [2.75, 3.05) is 13.1 Å². The monoisotopic (exact) mass is 212 g/mol. The minimum absolute atomic E-state index is 0.870. The first-order chi connectivity index (χ1) is 7.93. The van der Waals surface area contributed by atoms with E-state index in [1.54, 1.807) is 6.26 Å². The molecule has 0 aliphatic carbocycles. The van der Waals surface area contributed by atoms with Crippen LogP contribution >= 0.6 is 0 Å². The average molecular weight is 212 g/mol. The zero-order valence-electron chi connectivity index (χ0n) is 8.81. The van der Waals surface area contributed by atoms with Gasteiger partial charge in [-0.05, 0) is 12.1 Å². The Labute approximate surface area is 93.8 Å². The predicted octanol–water partition coefficient (Wildman–Crippen LogP) is 2.30. The van der Waals surface area contributed by atoms with Gasteiger partial charge in [-0.3, -0.25) is 4.99 Å². The third kappa shape index (κ3) is 1.60. The van der Waals surface area contributed by atoms with E-state index in [0.29, 0.717) is 0 Å². The van der Waals surface area contributed by atoms with E-state index >= 15 is 0 Å². The fourth-order valence-electron chi connectivity index (χ4n) is 1.83. The minimum atomic E-state index is 0.870. The Kier molecular flexibility index (Phi) is 2.22. The number of nitrogens with zero attached hydrogens (tertiary/aromatic N) is 1. The van der Waals surface area contributed by atoms with E-state index < -0.39 is 0 Å². The highest BCUT2D eigenvalue weighted by Gasteiger charge is 2.08. The molecule has 0 saturated heterocycles. The molecule has 0 unspecified atom stereocenters. The Hall–Kier alpha value is -2.03. The Morgan fingerprint density at radius 2 is 1.88 bits per heavy atom. The fourth-order valence-corrected chi connectivity index (χ4v) is 1.83. The van der Waals surface area contributed by atoms with Gasteiger partial charge in [-0.15, -0.1) is 0 Å². The van der Waals surface area contributed by atoms with Crippen molar-refractivity contribution in [3.63, 3.8) is 0 Å². The summed E-state index contributed by atoms with van der Waals surface area (Å²) in [5.74, 6) is 1.89. The van der Waals surface area contributed by atoms with Crippen LogP contribution in [-0.4, -0.2) is 18.9 Å². The zero-order chi connectivity index (χ0) is 10.8. The molecule has 0 amide bonds. The van der Waals surface area contributed by atoms with Crippen molar-refractivity contribution in [2.45, 2.75) is 0 Å². The molecule has 0 spiro atoms. The molecule has 2 aromatic rings. The van der Waals surface area contributed by atoms with Crippen molar-refractivity contribution in [3.05, 3.63) is 48.2 Å². The average Bonchev–Trinajstić information content (AvgIpc) is 3.03. The molecule has 1 aromatic carbocycles. The van der Waals surface area contributed by atoms with Crippen molar-refractivity contribution in [1.82, 2.24) is 5.32 Å². The van der Waals surface area contributed by atoms with Crippen LogP contribution < -0.4 is 5.32 Å². The van der Waals surface area contributed by atoms with Gasteiger partial charge < -0.3 is 9.73 Å². The fraction of sp³-hybridized carbons (Fsp3) is 0.154. The highest BCUT2D eigenvalue weighted by Crippen LogP contribution is 2.20. The molecule has 0 saturated carbocycles. The highest BCUT2D eigenvalue weighted by atomic mass is 16.3. The molecular weight excluding hydrogens is 200 g/mol. The zero-order valence-corrected chi connectivity index (χ0v) is 8.81. The van der Waals surface area contributed by atoms with Gasteiger partial charge in [0.15, 0.2) is 0 Å². The summed E-state index contributed by atoms with van der Waals surface area (Å²) in [6.45, 7) is 1.81. The van der Waals surface area contributed by atoms with E-state index in [1.807, 2.05) is 12.1 Å². The summed E-state index contributed by atoms with van der Waals surface area (Å²) in [4.78, 5) is 4.38. The van der Waals surface area contributed by atoms with Crippen LogP contribution in [0.5, 0.6) is 0 Å². The molecule has 2 heterocycles. The molecule has 1 N–H and O–H groups in total. The predicted molar refractivity (Wildman–Crippen MR) is 63.6 cm³/mol. The first kappa shape index (κ1) is 9.21. The summed E-state index contributed by atoms with van der Waals surface area (Å²) < 4.78 is 5.34. The topological polar surface area (TPSA) is 37.5 Å². The van der Waals surface area contributed by atoms with Crippen molar-refractivity contribution in [3.8, 4) is 11.3 Å². The van der Waals surface area contributed by atoms with E-state index in [1.165, 1.54) is 0 Å². The van der Waals surface area contributed by atoms with Gasteiger partial charge in [0.2, 0.25) is 0 Å². The Morgan fingerprint density at radius 3 is 2.50 bits per heavy atom. The highest BCUT2D eigenvalue weighted by molar-refractivity contribution is 6.00. The van der Waals surface area contributed by atoms with Gasteiger partial charge in [0.1, 0.15) is 11.6 Å². The number of benzene rings is 1. The standard InChI is InChI=1S/C13H12N2O/c1-2-12(16-9-1)10-3-5-11(6-4-10)13-14-7-8-15-13/h1-6,9H,7-8H2,(H,14,15). The van der Waals surface area contributed by atoms with Crippen molar-refractivity contribution in [1.29, 1.82) is 0 Å². The minimum Gasteiger partial charge on any atom is -0.464 e. The largest absolute Gasteiger partial charge is 0.464 e. The van der Waals surface area contributed by atoms with Gasteiger partial charge in [0.25, 0.3) is 0 Å². The lowest BCUT2D eigenvalue weighted by atomic mass is 10.1. The molecule has 3 nitrogen and oxygen atoms in total. The number of hydrogen-bond acceptors (Lipinski definition) is 3. The van der Waals surface area contributed by atoms with Gasteiger partial charge in [-0.25, -0.2) is 0 Å². The molecule has 16 heavy (non-hydrogen) atoms. The number of hydrogen-bond donors (Lipinski definition) is 1. The molecule has 1 aliphatic heterocycles. The van der Waals surface area contributed by atoms with Gasteiger partial charge in [-0.2, -0.15) is 0 Å².